The fraction of sp³-hybridized carbons (Fsp3) is 1.00. The van der Waals surface area contributed by atoms with Gasteiger partial charge in [-0.1, -0.05) is 13.8 Å². The van der Waals surface area contributed by atoms with Crippen LogP contribution in [0, 0.1) is 0 Å². The maximum atomic E-state index is 9.13. The van der Waals surface area contributed by atoms with Crippen LogP contribution in [0.1, 0.15) is 35.0 Å². The summed E-state index contributed by atoms with van der Waals surface area (Å²) in [6, 6.07) is 0. The second kappa shape index (κ2) is 5.39. The Morgan fingerprint density at radius 1 is 1.38 bits per heavy atom. The van der Waals surface area contributed by atoms with Gasteiger partial charge in [0.05, 0.1) is 5.60 Å². The first kappa shape index (κ1) is 12.3. The molecule has 0 aromatic heterocycles. The summed E-state index contributed by atoms with van der Waals surface area (Å²) in [7, 11) is 0. The van der Waals surface area contributed by atoms with Crippen molar-refractivity contribution < 1.29 is 57.9 Å². The molecule has 0 aromatic carbocycles. The number of hydrogen-bond donors (Lipinski definition) is 1. The van der Waals surface area contributed by atoms with Crippen LogP contribution in [0.4, 0.5) is 0 Å². The molecule has 0 heterocycles. The number of rotatable bonds is 2. The molecule has 0 aliphatic carbocycles. The summed E-state index contributed by atoms with van der Waals surface area (Å²) in [5.41, 5.74) is -0.417. The van der Waals surface area contributed by atoms with Gasteiger partial charge in [-0.2, -0.15) is 0 Å². The van der Waals surface area contributed by atoms with E-state index in [1.165, 1.54) is 0 Å². The normalized spacial score (nSPS) is 10.5. The van der Waals surface area contributed by atoms with Gasteiger partial charge in [0.25, 0.3) is 0 Å². The van der Waals surface area contributed by atoms with Crippen LogP contribution < -0.4 is 51.4 Å². The van der Waals surface area contributed by atoms with E-state index in [2.05, 4.69) is 0 Å². The molecule has 0 saturated heterocycles. The van der Waals surface area contributed by atoms with Gasteiger partial charge in [-0.25, -0.2) is 0 Å². The van der Waals surface area contributed by atoms with Gasteiger partial charge >= 0.3 is 51.4 Å². The Labute approximate surface area is 95.8 Å². The topological polar surface area (TPSA) is 20.2 Å². The zero-order chi connectivity index (χ0) is 5.91. The molecule has 0 fully saturated rings. The van der Waals surface area contributed by atoms with E-state index in [-0.39, 0.29) is 52.8 Å². The molecule has 0 aliphatic rings. The molecule has 0 aliphatic heterocycles. The predicted molar refractivity (Wildman–Crippen MR) is 32.3 cm³/mol. The summed E-state index contributed by atoms with van der Waals surface area (Å²) < 4.78 is 0. The molecule has 0 radical (unpaired) electrons. The van der Waals surface area contributed by atoms with Crippen molar-refractivity contribution in [2.75, 3.05) is 0 Å². The Bertz CT molecular complexity index is 51.0. The van der Waals surface area contributed by atoms with Crippen molar-refractivity contribution in [2.45, 2.75) is 39.2 Å². The summed E-state index contributed by atoms with van der Waals surface area (Å²) in [6.45, 7) is 5.83. The van der Waals surface area contributed by atoms with E-state index >= 15 is 0 Å². The van der Waals surface area contributed by atoms with E-state index in [0.717, 1.165) is 12.8 Å². The quantitative estimate of drug-likeness (QED) is 0.474. The molecule has 0 atom stereocenters. The predicted octanol–water partition coefficient (Wildman–Crippen LogP) is -1.33. The van der Waals surface area contributed by atoms with Crippen molar-refractivity contribution in [3.63, 3.8) is 0 Å². The molecule has 8 heavy (non-hydrogen) atoms. The third kappa shape index (κ3) is 5.73. The molecule has 0 rings (SSSR count). The van der Waals surface area contributed by atoms with Crippen molar-refractivity contribution in [1.82, 2.24) is 0 Å². The van der Waals surface area contributed by atoms with Gasteiger partial charge in [0.2, 0.25) is 0 Å². The van der Waals surface area contributed by atoms with Crippen molar-refractivity contribution in [1.29, 1.82) is 0 Å². The molecule has 0 spiro atoms. The van der Waals surface area contributed by atoms with Crippen LogP contribution in [0.15, 0.2) is 0 Å². The van der Waals surface area contributed by atoms with Crippen LogP contribution >= 0.6 is 0 Å². The molecule has 0 amide bonds. The van der Waals surface area contributed by atoms with Gasteiger partial charge in [0.1, 0.15) is 0 Å². The molecule has 46 valence electrons. The van der Waals surface area contributed by atoms with Gasteiger partial charge in [-0.15, -0.1) is 0 Å². The van der Waals surface area contributed by atoms with Crippen LogP contribution in [0.25, 0.3) is 0 Å². The average Bonchev–Trinajstić information content (AvgIpc) is 1.68. The van der Waals surface area contributed by atoms with Crippen molar-refractivity contribution in [3.05, 3.63) is 0 Å². The fourth-order valence-electron chi connectivity index (χ4n) is 0.250. The molecule has 0 aromatic rings. The van der Waals surface area contributed by atoms with Gasteiger partial charge in [-0.3, -0.25) is 0 Å². The van der Waals surface area contributed by atoms with Crippen LogP contribution in [0.3, 0.4) is 0 Å². The van der Waals surface area contributed by atoms with E-state index in [0.29, 0.717) is 0 Å². The second-order valence-corrected chi connectivity index (χ2v) is 2.20. The van der Waals surface area contributed by atoms with E-state index in [9.17, 15) is 0 Å². The second-order valence-electron chi connectivity index (χ2n) is 2.20. The van der Waals surface area contributed by atoms with E-state index in [4.69, 9.17) is 5.11 Å². The smallest absolute Gasteiger partial charge is 1.00 e. The number of hydrogen-bond acceptors (Lipinski definition) is 1. The summed E-state index contributed by atoms with van der Waals surface area (Å²) in [5, 5.41) is 9.13. The summed E-state index contributed by atoms with van der Waals surface area (Å²) in [4.78, 5) is 0. The van der Waals surface area contributed by atoms with Crippen LogP contribution in [0.5, 0.6) is 0 Å². The van der Waals surface area contributed by atoms with Crippen molar-refractivity contribution >= 4 is 0 Å². The summed E-state index contributed by atoms with van der Waals surface area (Å²) in [5.74, 6) is 0. The van der Waals surface area contributed by atoms with Gasteiger partial charge in [0.15, 0.2) is 0 Å². The number of aliphatic hydroxyl groups is 1. The summed E-state index contributed by atoms with van der Waals surface area (Å²) in [6.07, 6.45) is 1.70. The molecular formula is C6H15KO. The van der Waals surface area contributed by atoms with E-state index < -0.39 is 5.60 Å². The third-order valence-electron chi connectivity index (χ3n) is 1.52. The Morgan fingerprint density at radius 3 is 1.62 bits per heavy atom. The molecule has 0 bridgehead atoms. The Balaban J connectivity index is -0.000000180. The molecule has 2 heteroatoms. The van der Waals surface area contributed by atoms with E-state index in [1.54, 1.807) is 0 Å². The molecule has 1 nitrogen and oxygen atoms in total. The van der Waals surface area contributed by atoms with Crippen molar-refractivity contribution in [2.24, 2.45) is 0 Å². The van der Waals surface area contributed by atoms with Crippen molar-refractivity contribution in [3.8, 4) is 0 Å². The Morgan fingerprint density at radius 2 is 1.62 bits per heavy atom. The minimum atomic E-state index is -0.417. The molecule has 1 N–H and O–H groups in total. The Hall–Kier alpha value is 1.60. The van der Waals surface area contributed by atoms with Crippen LogP contribution in [0.2, 0.25) is 0 Å². The van der Waals surface area contributed by atoms with Gasteiger partial charge < -0.3 is 6.53 Å². The molecule has 0 saturated carbocycles. The molecule has 0 unspecified atom stereocenters. The van der Waals surface area contributed by atoms with E-state index in [1.807, 2.05) is 20.8 Å². The first-order valence-corrected chi connectivity index (χ1v) is 2.84. The first-order chi connectivity index (χ1) is 3.12. The standard InChI is InChI=1S/C6H14O.K.H/c1-4-6(3,7)5-2;;/h7H,4-5H2,1-3H3;;/q;+1;-1. The zero-order valence-electron chi connectivity index (χ0n) is 7.36. The Kier molecular flexibility index (Phi) is 8.27. The average molecular weight is 142 g/mol. The maximum absolute atomic E-state index is 9.13. The fourth-order valence-corrected chi connectivity index (χ4v) is 0.250. The monoisotopic (exact) mass is 142 g/mol. The largest absolute Gasteiger partial charge is 1.00 e. The minimum Gasteiger partial charge on any atom is -1.00 e. The third-order valence-corrected chi connectivity index (χ3v) is 1.52. The van der Waals surface area contributed by atoms with Crippen LogP contribution in [-0.4, -0.2) is 10.7 Å². The summed E-state index contributed by atoms with van der Waals surface area (Å²) >= 11 is 0. The maximum Gasteiger partial charge on any atom is 1.00 e. The minimum absolute atomic E-state index is 0. The molecular weight excluding hydrogens is 127 g/mol. The first-order valence-electron chi connectivity index (χ1n) is 2.84. The SMILES string of the molecule is CCC(C)(O)CC.[H-].[K+]. The van der Waals surface area contributed by atoms with Crippen LogP contribution in [-0.2, 0) is 0 Å². The van der Waals surface area contributed by atoms with Gasteiger partial charge in [-0.05, 0) is 19.8 Å². The van der Waals surface area contributed by atoms with Gasteiger partial charge in [0, 0.05) is 0 Å². The zero-order valence-corrected chi connectivity index (χ0v) is 9.48.